The molecule has 5 rings (SSSR count). The minimum Gasteiger partial charge on any atom is -0.353 e. The normalized spacial score (nSPS) is 20.3. The van der Waals surface area contributed by atoms with Crippen LogP contribution >= 0.6 is 0 Å². The molecule has 2 aliphatic carbocycles. The molecule has 1 saturated carbocycles. The number of piperazine rings is 1. The van der Waals surface area contributed by atoms with Gasteiger partial charge in [0.05, 0.1) is 0 Å². The lowest BCUT2D eigenvalue weighted by molar-refractivity contribution is 0.636. The maximum Gasteiger partial charge on any atom is 0.135 e. The fraction of sp³-hybridized carbons (Fsp3) is 0.526. The Bertz CT molecular complexity index is 733. The number of rotatable bonds is 3. The number of nitrogens with zero attached hydrogens (tertiary/aromatic N) is 5. The predicted octanol–water partition coefficient (Wildman–Crippen LogP) is 2.56. The Kier molecular flexibility index (Phi) is 3.39. The lowest BCUT2D eigenvalue weighted by Gasteiger charge is -2.36. The molecule has 0 aromatic carbocycles. The van der Waals surface area contributed by atoms with Crippen LogP contribution in [0.15, 0.2) is 24.4 Å². The minimum absolute atomic E-state index is 0.629. The summed E-state index contributed by atoms with van der Waals surface area (Å²) >= 11 is 0. The number of aryl methyl sites for hydroxylation is 1. The van der Waals surface area contributed by atoms with Crippen LogP contribution in [0, 0.1) is 0 Å². The van der Waals surface area contributed by atoms with E-state index in [1.54, 1.807) is 0 Å². The Hall–Kier alpha value is -2.17. The van der Waals surface area contributed by atoms with Crippen molar-refractivity contribution >= 4 is 11.6 Å². The molecule has 0 radical (unpaired) electrons. The standard InChI is InChI=1S/C19H23N5/c1-2-9-20-17(6-1)23-10-12-24(13-11-23)19-15-4-3-5-16(15)21-18(22-19)14-7-8-14/h1-2,6,9,14H,3-5,7-8,10-13H2. The van der Waals surface area contributed by atoms with Crippen LogP contribution < -0.4 is 9.80 Å². The maximum atomic E-state index is 5.01. The quantitative estimate of drug-likeness (QED) is 0.869. The molecular weight excluding hydrogens is 298 g/mol. The number of aromatic nitrogens is 3. The molecule has 5 heteroatoms. The first-order valence-corrected chi connectivity index (χ1v) is 9.19. The molecular formula is C19H23N5. The highest BCUT2D eigenvalue weighted by Crippen LogP contribution is 2.40. The zero-order valence-corrected chi connectivity index (χ0v) is 14.0. The van der Waals surface area contributed by atoms with Crippen LogP contribution in [0.3, 0.4) is 0 Å². The molecule has 3 aliphatic rings. The van der Waals surface area contributed by atoms with Crippen LogP contribution in [-0.4, -0.2) is 41.1 Å². The third-order valence-corrected chi connectivity index (χ3v) is 5.42. The van der Waals surface area contributed by atoms with Gasteiger partial charge in [0.25, 0.3) is 0 Å². The van der Waals surface area contributed by atoms with Gasteiger partial charge < -0.3 is 9.80 Å². The van der Waals surface area contributed by atoms with Crippen molar-refractivity contribution in [1.82, 2.24) is 15.0 Å². The Labute approximate surface area is 142 Å². The third kappa shape index (κ3) is 2.52. The molecule has 3 heterocycles. The number of hydrogen-bond donors (Lipinski definition) is 0. The van der Waals surface area contributed by atoms with Crippen LogP contribution in [0.25, 0.3) is 0 Å². The van der Waals surface area contributed by atoms with Crippen molar-refractivity contribution in [3.63, 3.8) is 0 Å². The van der Waals surface area contributed by atoms with Gasteiger partial charge in [-0.3, -0.25) is 0 Å². The van der Waals surface area contributed by atoms with E-state index in [4.69, 9.17) is 9.97 Å². The molecule has 1 aliphatic heterocycles. The molecule has 24 heavy (non-hydrogen) atoms. The molecule has 0 N–H and O–H groups in total. The average molecular weight is 321 g/mol. The summed E-state index contributed by atoms with van der Waals surface area (Å²) in [5.74, 6) is 4.06. The van der Waals surface area contributed by atoms with Crippen LogP contribution in [0.4, 0.5) is 11.6 Å². The van der Waals surface area contributed by atoms with E-state index < -0.39 is 0 Å². The summed E-state index contributed by atoms with van der Waals surface area (Å²) in [5.41, 5.74) is 2.75. The lowest BCUT2D eigenvalue weighted by atomic mass is 10.2. The van der Waals surface area contributed by atoms with E-state index in [9.17, 15) is 0 Å². The highest BCUT2D eigenvalue weighted by Gasteiger charge is 2.31. The Morgan fingerprint density at radius 2 is 1.75 bits per heavy atom. The molecule has 5 nitrogen and oxygen atoms in total. The predicted molar refractivity (Wildman–Crippen MR) is 94.7 cm³/mol. The highest BCUT2D eigenvalue weighted by atomic mass is 15.3. The average Bonchev–Trinajstić information content (AvgIpc) is 3.39. The summed E-state index contributed by atoms with van der Waals surface area (Å²) in [6.45, 7) is 4.05. The first kappa shape index (κ1) is 14.2. The summed E-state index contributed by atoms with van der Waals surface area (Å²) in [5, 5.41) is 0. The second-order valence-electron chi connectivity index (χ2n) is 7.12. The number of hydrogen-bond acceptors (Lipinski definition) is 5. The summed E-state index contributed by atoms with van der Waals surface area (Å²) in [6, 6.07) is 6.14. The van der Waals surface area contributed by atoms with Crippen molar-refractivity contribution in [1.29, 1.82) is 0 Å². The van der Waals surface area contributed by atoms with Crippen LogP contribution in [0.1, 0.15) is 42.3 Å². The zero-order valence-electron chi connectivity index (χ0n) is 14.0. The van der Waals surface area contributed by atoms with Gasteiger partial charge in [-0.2, -0.15) is 0 Å². The second kappa shape index (κ2) is 5.72. The first-order valence-electron chi connectivity index (χ1n) is 9.19. The Morgan fingerprint density at radius 1 is 0.917 bits per heavy atom. The molecule has 0 spiro atoms. The van der Waals surface area contributed by atoms with E-state index in [1.807, 2.05) is 12.3 Å². The lowest BCUT2D eigenvalue weighted by Crippen LogP contribution is -2.47. The van der Waals surface area contributed by atoms with Crippen molar-refractivity contribution in [2.75, 3.05) is 36.0 Å². The van der Waals surface area contributed by atoms with Gasteiger partial charge in [0.1, 0.15) is 17.5 Å². The summed E-state index contributed by atoms with van der Waals surface area (Å²) < 4.78 is 0. The monoisotopic (exact) mass is 321 g/mol. The molecule has 1 saturated heterocycles. The fourth-order valence-corrected chi connectivity index (χ4v) is 3.91. The zero-order chi connectivity index (χ0) is 15.9. The molecule has 0 amide bonds. The van der Waals surface area contributed by atoms with E-state index in [2.05, 4.69) is 26.9 Å². The number of anilines is 2. The molecule has 2 aromatic heterocycles. The van der Waals surface area contributed by atoms with Gasteiger partial charge in [-0.1, -0.05) is 6.07 Å². The van der Waals surface area contributed by atoms with Crippen molar-refractivity contribution in [3.05, 3.63) is 41.5 Å². The van der Waals surface area contributed by atoms with E-state index in [1.165, 1.54) is 36.3 Å². The number of fused-ring (bicyclic) bond motifs is 1. The van der Waals surface area contributed by atoms with Crippen molar-refractivity contribution < 1.29 is 0 Å². The third-order valence-electron chi connectivity index (χ3n) is 5.42. The molecule has 124 valence electrons. The maximum absolute atomic E-state index is 5.01. The Balaban J connectivity index is 1.38. The fourth-order valence-electron chi connectivity index (χ4n) is 3.91. The molecule has 0 unspecified atom stereocenters. The van der Waals surface area contributed by atoms with Gasteiger partial charge in [-0.25, -0.2) is 15.0 Å². The topological polar surface area (TPSA) is 45.2 Å². The van der Waals surface area contributed by atoms with Crippen LogP contribution in [0.2, 0.25) is 0 Å². The van der Waals surface area contributed by atoms with E-state index in [0.717, 1.165) is 50.7 Å². The van der Waals surface area contributed by atoms with E-state index in [0.29, 0.717) is 5.92 Å². The summed E-state index contributed by atoms with van der Waals surface area (Å²) in [6.07, 6.45) is 7.94. The summed E-state index contributed by atoms with van der Waals surface area (Å²) in [7, 11) is 0. The van der Waals surface area contributed by atoms with Gasteiger partial charge in [-0.15, -0.1) is 0 Å². The second-order valence-corrected chi connectivity index (χ2v) is 7.12. The van der Waals surface area contributed by atoms with Gasteiger partial charge in [-0.05, 0) is 44.2 Å². The molecule has 0 atom stereocenters. The first-order chi connectivity index (χ1) is 11.9. The number of pyridine rings is 1. The van der Waals surface area contributed by atoms with Crippen molar-refractivity contribution in [2.45, 2.75) is 38.0 Å². The summed E-state index contributed by atoms with van der Waals surface area (Å²) in [4.78, 5) is 19.2. The molecule has 0 bridgehead atoms. The SMILES string of the molecule is c1ccc(N2CCN(c3nc(C4CC4)nc4c3CCC4)CC2)nc1. The largest absolute Gasteiger partial charge is 0.353 e. The van der Waals surface area contributed by atoms with Crippen molar-refractivity contribution in [3.8, 4) is 0 Å². The smallest absolute Gasteiger partial charge is 0.135 e. The van der Waals surface area contributed by atoms with E-state index in [-0.39, 0.29) is 0 Å². The van der Waals surface area contributed by atoms with E-state index >= 15 is 0 Å². The molecule has 2 aromatic rings. The van der Waals surface area contributed by atoms with Crippen LogP contribution in [-0.2, 0) is 12.8 Å². The van der Waals surface area contributed by atoms with Gasteiger partial charge >= 0.3 is 0 Å². The van der Waals surface area contributed by atoms with Gasteiger partial charge in [0, 0.05) is 49.6 Å². The molecule has 2 fully saturated rings. The highest BCUT2D eigenvalue weighted by molar-refractivity contribution is 5.53. The van der Waals surface area contributed by atoms with Gasteiger partial charge in [0.15, 0.2) is 0 Å². The van der Waals surface area contributed by atoms with Crippen molar-refractivity contribution in [2.24, 2.45) is 0 Å². The van der Waals surface area contributed by atoms with Gasteiger partial charge in [0.2, 0.25) is 0 Å². The Morgan fingerprint density at radius 3 is 2.50 bits per heavy atom. The van der Waals surface area contributed by atoms with Crippen LogP contribution in [0.5, 0.6) is 0 Å². The minimum atomic E-state index is 0.629.